The molecule has 0 amide bonds. The van der Waals surface area contributed by atoms with E-state index in [4.69, 9.17) is 14.8 Å². The third kappa shape index (κ3) is 3.50. The van der Waals surface area contributed by atoms with Gasteiger partial charge in [-0.15, -0.1) is 0 Å². The van der Waals surface area contributed by atoms with E-state index >= 15 is 0 Å². The van der Waals surface area contributed by atoms with Gasteiger partial charge in [-0.05, 0) is 29.7 Å². The average molecular weight is 327 g/mol. The van der Waals surface area contributed by atoms with E-state index in [1.54, 1.807) is 0 Å². The average Bonchev–Trinajstić information content (AvgIpc) is 2.24. The summed E-state index contributed by atoms with van der Waals surface area (Å²) in [5.74, 6) is 0. The number of nitrogens with two attached hydrogens (primary N) is 1. The Kier molecular flexibility index (Phi) is 4.87. The summed E-state index contributed by atoms with van der Waals surface area (Å²) in [4.78, 5) is -1.25. The monoisotopic (exact) mass is 327 g/mol. The normalized spacial score (nSPS) is 12.1. The van der Waals surface area contributed by atoms with Crippen LogP contribution in [0.3, 0.4) is 0 Å². The molecule has 0 radical (unpaired) electrons. The molecule has 20 heavy (non-hydrogen) atoms. The zero-order valence-corrected chi connectivity index (χ0v) is 10.9. The summed E-state index contributed by atoms with van der Waals surface area (Å²) in [6.07, 6.45) is 0. The molecule has 4 N–H and O–H groups in total. The van der Waals surface area contributed by atoms with Gasteiger partial charge in [0.25, 0.3) is 20.2 Å². The van der Waals surface area contributed by atoms with E-state index in [0.29, 0.717) is 6.07 Å². The van der Waals surface area contributed by atoms with Crippen molar-refractivity contribution in [2.75, 3.05) is 5.73 Å². The Morgan fingerprint density at radius 2 is 1.50 bits per heavy atom. The summed E-state index contributed by atoms with van der Waals surface area (Å²) in [5.41, 5.74) is 5.80. The molecule has 0 atom stereocenters. The molecule has 0 bridgehead atoms. The number of benzene rings is 2. The van der Waals surface area contributed by atoms with Gasteiger partial charge in [-0.3, -0.25) is 9.11 Å². The van der Waals surface area contributed by atoms with Crippen molar-refractivity contribution in [3.05, 3.63) is 30.3 Å². The number of rotatable bonds is 2. The fourth-order valence-corrected chi connectivity index (χ4v) is 3.05. The van der Waals surface area contributed by atoms with Crippen molar-refractivity contribution in [2.24, 2.45) is 0 Å². The Labute approximate surface area is 137 Å². The Morgan fingerprint density at radius 3 is 2.00 bits per heavy atom. The van der Waals surface area contributed by atoms with Gasteiger partial charge < -0.3 is 5.73 Å². The van der Waals surface area contributed by atoms with E-state index < -0.39 is 30.0 Å². The van der Waals surface area contributed by atoms with Crippen LogP contribution < -0.4 is 5.73 Å². The van der Waals surface area contributed by atoms with E-state index in [1.165, 1.54) is 18.2 Å². The third-order valence-electron chi connectivity index (χ3n) is 2.49. The van der Waals surface area contributed by atoms with Gasteiger partial charge >= 0.3 is 29.6 Å². The first kappa shape index (κ1) is 17.4. The Morgan fingerprint density at radius 1 is 0.900 bits per heavy atom. The van der Waals surface area contributed by atoms with E-state index in [2.05, 4.69) is 0 Å². The first-order valence-corrected chi connectivity index (χ1v) is 7.75. The topological polar surface area (TPSA) is 135 Å². The Balaban J connectivity index is 0.00000200. The predicted molar refractivity (Wildman–Crippen MR) is 75.1 cm³/mol. The van der Waals surface area contributed by atoms with Crippen molar-refractivity contribution in [3.8, 4) is 0 Å². The number of hydrogen-bond acceptors (Lipinski definition) is 5. The minimum atomic E-state index is -4.64. The molecule has 0 fully saturated rings. The fraction of sp³-hybridized carbons (Fsp3) is 0. The van der Waals surface area contributed by atoms with Gasteiger partial charge in [0, 0.05) is 11.1 Å². The van der Waals surface area contributed by atoms with Gasteiger partial charge in [-0.25, -0.2) is 0 Å². The van der Waals surface area contributed by atoms with Crippen molar-refractivity contribution >= 4 is 66.3 Å². The van der Waals surface area contributed by atoms with Crippen molar-refractivity contribution < 1.29 is 25.9 Å². The van der Waals surface area contributed by atoms with Crippen molar-refractivity contribution in [2.45, 2.75) is 9.79 Å². The minimum absolute atomic E-state index is 0. The summed E-state index contributed by atoms with van der Waals surface area (Å²) >= 11 is 0. The molecule has 10 heteroatoms. The zero-order chi connectivity index (χ0) is 14.4. The van der Waals surface area contributed by atoms with Crippen LogP contribution in [0.2, 0.25) is 0 Å². The molecule has 104 valence electrons. The van der Waals surface area contributed by atoms with Crippen LogP contribution in [0.4, 0.5) is 5.69 Å². The first-order valence-electron chi connectivity index (χ1n) is 4.87. The maximum atomic E-state index is 11.3. The van der Waals surface area contributed by atoms with Crippen LogP contribution in [-0.2, 0) is 20.2 Å². The molecule has 2 aromatic carbocycles. The molecule has 0 unspecified atom stereocenters. The van der Waals surface area contributed by atoms with Gasteiger partial charge in [0.05, 0.1) is 4.90 Å². The van der Waals surface area contributed by atoms with Crippen LogP contribution >= 0.6 is 0 Å². The summed E-state index contributed by atoms with van der Waals surface area (Å²) < 4.78 is 62.8. The molecule has 0 aliphatic rings. The molecule has 7 nitrogen and oxygen atoms in total. The number of hydrogen-bond donors (Lipinski definition) is 3. The summed E-state index contributed by atoms with van der Waals surface area (Å²) in [7, 11) is -9.25. The van der Waals surface area contributed by atoms with Gasteiger partial charge in [0.2, 0.25) is 0 Å². The van der Waals surface area contributed by atoms with Crippen LogP contribution in [0.1, 0.15) is 0 Å². The van der Waals surface area contributed by atoms with Gasteiger partial charge in [-0.1, -0.05) is 6.07 Å². The van der Waals surface area contributed by atoms with E-state index in [-0.39, 0.29) is 46.0 Å². The fourth-order valence-electron chi connectivity index (χ4n) is 1.69. The quantitative estimate of drug-likeness (QED) is 0.409. The van der Waals surface area contributed by atoms with Gasteiger partial charge in [0.15, 0.2) is 0 Å². The Bertz CT molecular complexity index is 876. The number of fused-ring (bicyclic) bond motifs is 1. The number of anilines is 1. The standard InChI is InChI=1S/C10H9NO6S2.Na.H/c11-7-1-2-9-6(3-7)4-8(18(12,13)14)5-10(9)19(15,16)17;;/h1-5H,11H2,(H,12,13,14)(H,15,16,17);;. The van der Waals surface area contributed by atoms with Crippen LogP contribution in [-0.4, -0.2) is 55.5 Å². The second-order valence-corrected chi connectivity index (χ2v) is 6.66. The van der Waals surface area contributed by atoms with Crippen LogP contribution in [0.15, 0.2) is 40.1 Å². The van der Waals surface area contributed by atoms with Crippen molar-refractivity contribution in [3.63, 3.8) is 0 Å². The van der Waals surface area contributed by atoms with Crippen molar-refractivity contribution in [1.29, 1.82) is 0 Å². The van der Waals surface area contributed by atoms with Crippen LogP contribution in [0.25, 0.3) is 10.8 Å². The molecule has 0 aliphatic carbocycles. The second-order valence-electron chi connectivity index (χ2n) is 3.85. The molecule has 0 aromatic heterocycles. The molecule has 2 aromatic rings. The van der Waals surface area contributed by atoms with Gasteiger partial charge in [0.1, 0.15) is 4.90 Å². The molecule has 0 saturated carbocycles. The molecular formula is C10H10NNaO6S2. The van der Waals surface area contributed by atoms with Crippen LogP contribution in [0, 0.1) is 0 Å². The van der Waals surface area contributed by atoms with Gasteiger partial charge in [-0.2, -0.15) is 16.8 Å². The second kappa shape index (κ2) is 5.60. The van der Waals surface area contributed by atoms with Crippen molar-refractivity contribution in [1.82, 2.24) is 0 Å². The van der Waals surface area contributed by atoms with Crippen LogP contribution in [0.5, 0.6) is 0 Å². The summed E-state index contributed by atoms with van der Waals surface area (Å²) in [5, 5.41) is 0.270. The van der Waals surface area contributed by atoms with E-state index in [9.17, 15) is 16.8 Å². The Hall–Kier alpha value is -0.680. The molecule has 0 saturated heterocycles. The molecule has 2 rings (SSSR count). The maximum absolute atomic E-state index is 11.3. The SMILES string of the molecule is Nc1ccc2c(S(=O)(=O)O)cc(S(=O)(=O)O)cc2c1.[NaH]. The summed E-state index contributed by atoms with van der Waals surface area (Å²) in [6, 6.07) is 5.82. The molecular weight excluding hydrogens is 317 g/mol. The van der Waals surface area contributed by atoms with E-state index in [0.717, 1.165) is 6.07 Å². The molecule has 0 aliphatic heterocycles. The first-order chi connectivity index (χ1) is 8.59. The number of nitrogen functional groups attached to an aromatic ring is 1. The van der Waals surface area contributed by atoms with E-state index in [1.807, 2.05) is 0 Å². The zero-order valence-electron chi connectivity index (χ0n) is 9.31. The predicted octanol–water partition coefficient (Wildman–Crippen LogP) is 0.267. The molecule has 0 spiro atoms. The molecule has 0 heterocycles. The third-order valence-corrected chi connectivity index (χ3v) is 4.21. The summed E-state index contributed by atoms with van der Waals surface area (Å²) in [6.45, 7) is 0.